The van der Waals surface area contributed by atoms with Crippen LogP contribution in [0.25, 0.3) is 0 Å². The van der Waals surface area contributed by atoms with E-state index in [1.165, 1.54) is 5.56 Å². The monoisotopic (exact) mass is 290 g/mol. The number of fused-ring (bicyclic) bond motifs is 1. The number of rotatable bonds is 4. The Morgan fingerprint density at radius 3 is 2.95 bits per heavy atom. The number of hydrogen-bond donors (Lipinski definition) is 2. The van der Waals surface area contributed by atoms with Crippen molar-refractivity contribution in [3.05, 3.63) is 29.8 Å². The van der Waals surface area contributed by atoms with Gasteiger partial charge in [-0.15, -0.1) is 0 Å². The summed E-state index contributed by atoms with van der Waals surface area (Å²) in [5.41, 5.74) is 1.22. The molecule has 114 valence electrons. The molecule has 2 aliphatic heterocycles. The van der Waals surface area contributed by atoms with Crippen LogP contribution in [-0.4, -0.2) is 38.4 Å². The van der Waals surface area contributed by atoms with Crippen molar-refractivity contribution in [2.45, 2.75) is 25.4 Å². The lowest BCUT2D eigenvalue weighted by Crippen LogP contribution is -2.43. The second-order valence-corrected chi connectivity index (χ2v) is 5.71. The summed E-state index contributed by atoms with van der Waals surface area (Å²) in [6.45, 7) is 2.69. The molecule has 0 aliphatic carbocycles. The van der Waals surface area contributed by atoms with Crippen LogP contribution in [0.4, 0.5) is 4.79 Å². The molecule has 0 radical (unpaired) electrons. The summed E-state index contributed by atoms with van der Waals surface area (Å²) in [6, 6.07) is 7.96. The van der Waals surface area contributed by atoms with Gasteiger partial charge in [0.25, 0.3) is 0 Å². The first kappa shape index (κ1) is 14.2. The number of amides is 2. The maximum atomic E-state index is 11.8. The number of benzene rings is 1. The number of ether oxygens (including phenoxy) is 2. The summed E-state index contributed by atoms with van der Waals surface area (Å²) >= 11 is 0. The smallest absolute Gasteiger partial charge is 0.314 e. The van der Waals surface area contributed by atoms with E-state index < -0.39 is 0 Å². The minimum absolute atomic E-state index is 0.121. The molecule has 1 aromatic carbocycles. The summed E-state index contributed by atoms with van der Waals surface area (Å²) in [5, 5.41) is 5.79. The summed E-state index contributed by atoms with van der Waals surface area (Å²) < 4.78 is 11.2. The normalized spacial score (nSPS) is 24.0. The third-order valence-corrected chi connectivity index (χ3v) is 4.02. The zero-order chi connectivity index (χ0) is 14.5. The summed E-state index contributed by atoms with van der Waals surface area (Å²) in [7, 11) is 0. The first-order valence-corrected chi connectivity index (χ1v) is 7.65. The average Bonchev–Trinajstić information content (AvgIpc) is 3.04. The Balaban J connectivity index is 1.38. The fourth-order valence-electron chi connectivity index (χ4n) is 2.83. The van der Waals surface area contributed by atoms with Gasteiger partial charge in [-0.25, -0.2) is 4.79 Å². The highest BCUT2D eigenvalue weighted by atomic mass is 16.5. The third-order valence-electron chi connectivity index (χ3n) is 4.02. The van der Waals surface area contributed by atoms with E-state index in [4.69, 9.17) is 9.47 Å². The van der Waals surface area contributed by atoms with Crippen molar-refractivity contribution in [1.29, 1.82) is 0 Å². The first-order valence-electron chi connectivity index (χ1n) is 7.65. The molecule has 2 unspecified atom stereocenters. The first-order chi connectivity index (χ1) is 10.3. The van der Waals surface area contributed by atoms with Crippen molar-refractivity contribution < 1.29 is 14.3 Å². The van der Waals surface area contributed by atoms with E-state index >= 15 is 0 Å². The molecule has 2 amide bonds. The second kappa shape index (κ2) is 6.80. The predicted octanol–water partition coefficient (Wildman–Crippen LogP) is 1.72. The van der Waals surface area contributed by atoms with Gasteiger partial charge in [-0.05, 0) is 30.9 Å². The average molecular weight is 290 g/mol. The maximum Gasteiger partial charge on any atom is 0.314 e. The SMILES string of the molecule is O=C(NCC1COc2ccccc2C1)NCC1CCCO1. The van der Waals surface area contributed by atoms with Gasteiger partial charge >= 0.3 is 6.03 Å². The molecule has 2 N–H and O–H groups in total. The fourth-order valence-corrected chi connectivity index (χ4v) is 2.83. The lowest BCUT2D eigenvalue weighted by atomic mass is 9.97. The van der Waals surface area contributed by atoms with E-state index in [9.17, 15) is 4.79 Å². The topological polar surface area (TPSA) is 59.6 Å². The van der Waals surface area contributed by atoms with Crippen LogP contribution in [0.5, 0.6) is 5.75 Å². The molecule has 1 fully saturated rings. The molecule has 3 rings (SSSR count). The van der Waals surface area contributed by atoms with Gasteiger partial charge in [-0.3, -0.25) is 0 Å². The molecule has 2 aliphatic rings. The zero-order valence-electron chi connectivity index (χ0n) is 12.1. The highest BCUT2D eigenvalue weighted by molar-refractivity contribution is 5.73. The minimum atomic E-state index is -0.121. The molecule has 1 saturated heterocycles. The predicted molar refractivity (Wildman–Crippen MR) is 79.5 cm³/mol. The van der Waals surface area contributed by atoms with Crippen molar-refractivity contribution >= 4 is 6.03 Å². The van der Waals surface area contributed by atoms with E-state index in [-0.39, 0.29) is 12.1 Å². The van der Waals surface area contributed by atoms with Crippen molar-refractivity contribution in [3.63, 3.8) is 0 Å². The van der Waals surface area contributed by atoms with Crippen LogP contribution in [0.3, 0.4) is 0 Å². The van der Waals surface area contributed by atoms with Gasteiger partial charge in [0.1, 0.15) is 5.75 Å². The molecule has 0 bridgehead atoms. The van der Waals surface area contributed by atoms with Gasteiger partial charge in [0, 0.05) is 25.6 Å². The summed E-state index contributed by atoms with van der Waals surface area (Å²) in [4.78, 5) is 11.8. The Bertz CT molecular complexity index is 486. The number of urea groups is 1. The lowest BCUT2D eigenvalue weighted by Gasteiger charge is -2.25. The van der Waals surface area contributed by atoms with Crippen LogP contribution >= 0.6 is 0 Å². The molecule has 0 aromatic heterocycles. The van der Waals surface area contributed by atoms with Crippen LogP contribution in [-0.2, 0) is 11.2 Å². The van der Waals surface area contributed by atoms with Crippen molar-refractivity contribution in [2.75, 3.05) is 26.3 Å². The molecule has 5 nitrogen and oxygen atoms in total. The highest BCUT2D eigenvalue weighted by Crippen LogP contribution is 2.26. The van der Waals surface area contributed by atoms with Gasteiger partial charge in [-0.2, -0.15) is 0 Å². The van der Waals surface area contributed by atoms with Gasteiger partial charge < -0.3 is 20.1 Å². The van der Waals surface area contributed by atoms with Crippen LogP contribution < -0.4 is 15.4 Å². The zero-order valence-corrected chi connectivity index (χ0v) is 12.1. The number of nitrogens with one attached hydrogen (secondary N) is 2. The second-order valence-electron chi connectivity index (χ2n) is 5.71. The van der Waals surface area contributed by atoms with Crippen LogP contribution in [0, 0.1) is 5.92 Å². The molecule has 21 heavy (non-hydrogen) atoms. The minimum Gasteiger partial charge on any atom is -0.493 e. The van der Waals surface area contributed by atoms with Crippen LogP contribution in [0.1, 0.15) is 18.4 Å². The van der Waals surface area contributed by atoms with Crippen LogP contribution in [0.15, 0.2) is 24.3 Å². The molecular formula is C16H22N2O3. The molecule has 2 atom stereocenters. The summed E-state index contributed by atoms with van der Waals surface area (Å²) in [6.07, 6.45) is 3.25. The third kappa shape index (κ3) is 3.88. The molecule has 2 heterocycles. The van der Waals surface area contributed by atoms with Crippen LogP contribution in [0.2, 0.25) is 0 Å². The number of para-hydroxylation sites is 1. The van der Waals surface area contributed by atoms with E-state index in [1.54, 1.807) is 0 Å². The highest BCUT2D eigenvalue weighted by Gasteiger charge is 2.20. The Hall–Kier alpha value is -1.75. The van der Waals surface area contributed by atoms with Gasteiger partial charge in [0.2, 0.25) is 0 Å². The Morgan fingerprint density at radius 2 is 2.10 bits per heavy atom. The molecule has 0 spiro atoms. The van der Waals surface area contributed by atoms with Gasteiger partial charge in [0.15, 0.2) is 0 Å². The Kier molecular flexibility index (Phi) is 4.60. The van der Waals surface area contributed by atoms with E-state index in [1.807, 2.05) is 18.2 Å². The van der Waals surface area contributed by atoms with Gasteiger partial charge in [0.05, 0.1) is 12.7 Å². The van der Waals surface area contributed by atoms with Crippen molar-refractivity contribution in [3.8, 4) is 5.75 Å². The largest absolute Gasteiger partial charge is 0.493 e. The number of carbonyl (C=O) groups excluding carboxylic acids is 1. The molecule has 1 aromatic rings. The van der Waals surface area contributed by atoms with E-state index in [2.05, 4.69) is 16.7 Å². The Morgan fingerprint density at radius 1 is 1.24 bits per heavy atom. The standard InChI is InChI=1S/C16H22N2O3/c19-16(18-10-14-5-3-7-20-14)17-9-12-8-13-4-1-2-6-15(13)21-11-12/h1-2,4,6,12,14H,3,5,7-11H2,(H2,17,18,19). The summed E-state index contributed by atoms with van der Waals surface area (Å²) in [5.74, 6) is 1.30. The van der Waals surface area contributed by atoms with E-state index in [0.29, 0.717) is 25.6 Å². The Labute approximate surface area is 125 Å². The van der Waals surface area contributed by atoms with E-state index in [0.717, 1.165) is 31.6 Å². The maximum absolute atomic E-state index is 11.8. The number of carbonyl (C=O) groups is 1. The molecular weight excluding hydrogens is 268 g/mol. The quantitative estimate of drug-likeness (QED) is 0.887. The number of hydrogen-bond acceptors (Lipinski definition) is 3. The van der Waals surface area contributed by atoms with Crippen molar-refractivity contribution in [2.24, 2.45) is 5.92 Å². The molecule has 0 saturated carbocycles. The fraction of sp³-hybridized carbons (Fsp3) is 0.562. The molecule has 5 heteroatoms. The van der Waals surface area contributed by atoms with Crippen molar-refractivity contribution in [1.82, 2.24) is 10.6 Å². The van der Waals surface area contributed by atoms with Gasteiger partial charge in [-0.1, -0.05) is 18.2 Å². The lowest BCUT2D eigenvalue weighted by molar-refractivity contribution is 0.111.